The molecule has 0 N–H and O–H groups in total. The fraction of sp³-hybridized carbons (Fsp3) is 0.0667. The Kier molecular flexibility index (Phi) is 3.01. The van der Waals surface area contributed by atoms with E-state index in [1.54, 1.807) is 36.8 Å². The van der Waals surface area contributed by atoms with E-state index in [-0.39, 0.29) is 5.78 Å². The number of methoxy groups -OCH3 is 1. The molecule has 0 aliphatic carbocycles. The summed E-state index contributed by atoms with van der Waals surface area (Å²) >= 11 is 1.58. The number of carbonyl (C=O) groups excluding carboxylic acids is 1. The molecular formula is C15H11NO2S. The van der Waals surface area contributed by atoms with E-state index in [9.17, 15) is 4.79 Å². The van der Waals surface area contributed by atoms with Crippen molar-refractivity contribution in [3.05, 3.63) is 59.1 Å². The fourth-order valence-electron chi connectivity index (χ4n) is 1.96. The molecule has 0 aliphatic heterocycles. The van der Waals surface area contributed by atoms with Gasteiger partial charge >= 0.3 is 0 Å². The van der Waals surface area contributed by atoms with Crippen molar-refractivity contribution < 1.29 is 9.53 Å². The second kappa shape index (κ2) is 4.82. The van der Waals surface area contributed by atoms with E-state index < -0.39 is 0 Å². The lowest BCUT2D eigenvalue weighted by atomic mass is 10.0. The normalized spacial score (nSPS) is 10.6. The maximum Gasteiger partial charge on any atom is 0.198 e. The highest BCUT2D eigenvalue weighted by Crippen LogP contribution is 2.24. The van der Waals surface area contributed by atoms with Gasteiger partial charge in [-0.25, -0.2) is 0 Å². The third-order valence-corrected chi connectivity index (χ3v) is 3.77. The average molecular weight is 269 g/mol. The van der Waals surface area contributed by atoms with E-state index in [1.807, 2.05) is 29.6 Å². The van der Waals surface area contributed by atoms with E-state index in [1.165, 1.54) is 0 Å². The van der Waals surface area contributed by atoms with Gasteiger partial charge in [-0.1, -0.05) is 12.1 Å². The van der Waals surface area contributed by atoms with Crippen molar-refractivity contribution >= 4 is 27.3 Å². The van der Waals surface area contributed by atoms with Crippen LogP contribution in [0.15, 0.2) is 48.0 Å². The number of nitrogens with zero attached hydrogens (tertiary/aromatic N) is 1. The molecule has 3 rings (SSSR count). The fourth-order valence-corrected chi connectivity index (χ4v) is 2.74. The van der Waals surface area contributed by atoms with E-state index in [0.29, 0.717) is 16.9 Å². The number of ketones is 1. The molecule has 2 aromatic heterocycles. The zero-order valence-corrected chi connectivity index (χ0v) is 11.1. The Morgan fingerprint density at radius 3 is 2.95 bits per heavy atom. The van der Waals surface area contributed by atoms with Gasteiger partial charge < -0.3 is 4.74 Å². The Balaban J connectivity index is 2.07. The first kappa shape index (κ1) is 11.9. The summed E-state index contributed by atoms with van der Waals surface area (Å²) in [6.07, 6.45) is 1.61. The minimum absolute atomic E-state index is 0.0692. The molecular weight excluding hydrogens is 258 g/mol. The second-order valence-corrected chi connectivity index (χ2v) is 5.01. The molecule has 0 atom stereocenters. The molecule has 94 valence electrons. The van der Waals surface area contributed by atoms with Gasteiger partial charge in [0.1, 0.15) is 5.75 Å². The summed E-state index contributed by atoms with van der Waals surface area (Å²) < 4.78 is 6.24. The Bertz CT molecular complexity index is 748. The van der Waals surface area contributed by atoms with E-state index in [4.69, 9.17) is 4.74 Å². The zero-order valence-electron chi connectivity index (χ0n) is 10.3. The van der Waals surface area contributed by atoms with Crippen molar-refractivity contribution in [3.63, 3.8) is 0 Å². The summed E-state index contributed by atoms with van der Waals surface area (Å²) in [4.78, 5) is 16.8. The molecule has 0 spiro atoms. The van der Waals surface area contributed by atoms with Gasteiger partial charge in [0.15, 0.2) is 5.78 Å². The maximum atomic E-state index is 12.5. The van der Waals surface area contributed by atoms with Gasteiger partial charge in [0.2, 0.25) is 0 Å². The molecule has 0 saturated carbocycles. The van der Waals surface area contributed by atoms with Crippen LogP contribution in [0.4, 0.5) is 0 Å². The number of fused-ring (bicyclic) bond motifs is 1. The van der Waals surface area contributed by atoms with Crippen LogP contribution in [0.5, 0.6) is 5.75 Å². The number of aromatic nitrogens is 1. The molecule has 3 aromatic rings. The lowest BCUT2D eigenvalue weighted by Gasteiger charge is -2.06. The number of pyridine rings is 1. The van der Waals surface area contributed by atoms with Crippen LogP contribution < -0.4 is 4.74 Å². The number of carbonyl (C=O) groups is 1. The summed E-state index contributed by atoms with van der Waals surface area (Å²) in [5.74, 6) is 0.513. The molecule has 3 nitrogen and oxygen atoms in total. The Hall–Kier alpha value is -2.20. The van der Waals surface area contributed by atoms with Gasteiger partial charge in [-0.05, 0) is 29.6 Å². The minimum atomic E-state index is -0.0692. The first-order valence-corrected chi connectivity index (χ1v) is 6.68. The van der Waals surface area contributed by atoms with Crippen molar-refractivity contribution in [2.45, 2.75) is 0 Å². The SMILES string of the molecule is COc1ccccc1C(=O)c1cnc2ccsc2c1. The summed E-state index contributed by atoms with van der Waals surface area (Å²) in [5, 5.41) is 1.97. The molecule has 4 heteroatoms. The highest BCUT2D eigenvalue weighted by Gasteiger charge is 2.14. The van der Waals surface area contributed by atoms with Crippen LogP contribution in [0.3, 0.4) is 0 Å². The van der Waals surface area contributed by atoms with Crippen molar-refractivity contribution in [2.24, 2.45) is 0 Å². The molecule has 0 bridgehead atoms. The number of hydrogen-bond donors (Lipinski definition) is 0. The van der Waals surface area contributed by atoms with E-state index in [0.717, 1.165) is 10.2 Å². The quantitative estimate of drug-likeness (QED) is 0.683. The topological polar surface area (TPSA) is 39.2 Å². The Labute approximate surface area is 114 Å². The molecule has 0 unspecified atom stereocenters. The summed E-state index contributed by atoms with van der Waals surface area (Å²) in [5.41, 5.74) is 2.06. The van der Waals surface area contributed by atoms with Crippen molar-refractivity contribution in [1.29, 1.82) is 0 Å². The lowest BCUT2D eigenvalue weighted by Crippen LogP contribution is -2.04. The number of ether oxygens (including phenoxy) is 1. The predicted octanol–water partition coefficient (Wildman–Crippen LogP) is 3.54. The second-order valence-electron chi connectivity index (χ2n) is 4.06. The Morgan fingerprint density at radius 2 is 2.11 bits per heavy atom. The minimum Gasteiger partial charge on any atom is -0.496 e. The first-order chi connectivity index (χ1) is 9.29. The summed E-state index contributed by atoms with van der Waals surface area (Å²) in [6.45, 7) is 0. The molecule has 0 saturated heterocycles. The van der Waals surface area contributed by atoms with Gasteiger partial charge in [-0.15, -0.1) is 11.3 Å². The van der Waals surface area contributed by atoms with Crippen LogP contribution in [0, 0.1) is 0 Å². The van der Waals surface area contributed by atoms with Crippen molar-refractivity contribution in [3.8, 4) is 5.75 Å². The van der Waals surface area contributed by atoms with Gasteiger partial charge in [0, 0.05) is 11.8 Å². The highest BCUT2D eigenvalue weighted by atomic mass is 32.1. The zero-order chi connectivity index (χ0) is 13.2. The maximum absolute atomic E-state index is 12.5. The van der Waals surface area contributed by atoms with E-state index in [2.05, 4.69) is 4.98 Å². The first-order valence-electron chi connectivity index (χ1n) is 5.80. The molecule has 0 fully saturated rings. The van der Waals surface area contributed by atoms with Crippen LogP contribution in [0.2, 0.25) is 0 Å². The van der Waals surface area contributed by atoms with Crippen LogP contribution in [-0.4, -0.2) is 17.9 Å². The number of thiophene rings is 1. The van der Waals surface area contributed by atoms with Crippen LogP contribution in [0.25, 0.3) is 10.2 Å². The Morgan fingerprint density at radius 1 is 1.26 bits per heavy atom. The lowest BCUT2D eigenvalue weighted by molar-refractivity contribution is 0.103. The molecule has 19 heavy (non-hydrogen) atoms. The number of benzene rings is 1. The van der Waals surface area contributed by atoms with Gasteiger partial charge in [-0.3, -0.25) is 9.78 Å². The van der Waals surface area contributed by atoms with Crippen LogP contribution >= 0.6 is 11.3 Å². The number of para-hydroxylation sites is 1. The largest absolute Gasteiger partial charge is 0.496 e. The van der Waals surface area contributed by atoms with Crippen molar-refractivity contribution in [1.82, 2.24) is 4.98 Å². The van der Waals surface area contributed by atoms with Crippen LogP contribution in [-0.2, 0) is 0 Å². The average Bonchev–Trinajstić information content (AvgIpc) is 2.93. The molecule has 0 amide bonds. The van der Waals surface area contributed by atoms with Gasteiger partial charge in [0.05, 0.1) is 22.9 Å². The highest BCUT2D eigenvalue weighted by molar-refractivity contribution is 7.17. The predicted molar refractivity (Wildman–Crippen MR) is 76.0 cm³/mol. The molecule has 2 heterocycles. The van der Waals surface area contributed by atoms with E-state index >= 15 is 0 Å². The molecule has 0 radical (unpaired) electrons. The van der Waals surface area contributed by atoms with Crippen molar-refractivity contribution in [2.75, 3.05) is 7.11 Å². The van der Waals surface area contributed by atoms with Crippen LogP contribution in [0.1, 0.15) is 15.9 Å². The molecule has 0 aliphatic rings. The summed E-state index contributed by atoms with van der Waals surface area (Å²) in [6, 6.07) is 11.0. The number of rotatable bonds is 3. The third-order valence-electron chi connectivity index (χ3n) is 2.92. The van der Waals surface area contributed by atoms with Gasteiger partial charge in [0.25, 0.3) is 0 Å². The van der Waals surface area contributed by atoms with Gasteiger partial charge in [-0.2, -0.15) is 0 Å². The molecule has 1 aromatic carbocycles. The third kappa shape index (κ3) is 2.11. The standard InChI is InChI=1S/C15H11NO2S/c1-18-13-5-3-2-4-11(13)15(17)10-8-14-12(16-9-10)6-7-19-14/h2-9H,1H3. The monoisotopic (exact) mass is 269 g/mol. The summed E-state index contributed by atoms with van der Waals surface area (Å²) in [7, 11) is 1.56. The smallest absolute Gasteiger partial charge is 0.198 e. The number of hydrogen-bond acceptors (Lipinski definition) is 4.